The van der Waals surface area contributed by atoms with Gasteiger partial charge in [0.15, 0.2) is 0 Å². The fourth-order valence-corrected chi connectivity index (χ4v) is 3.58. The van der Waals surface area contributed by atoms with Gasteiger partial charge in [0.05, 0.1) is 3.79 Å². The highest BCUT2D eigenvalue weighted by Crippen LogP contribution is 2.29. The summed E-state index contributed by atoms with van der Waals surface area (Å²) >= 11 is 5.20. The van der Waals surface area contributed by atoms with Crippen molar-refractivity contribution in [2.45, 2.75) is 39.8 Å². The first-order valence-electron chi connectivity index (χ1n) is 7.31. The van der Waals surface area contributed by atoms with Crippen LogP contribution in [0.4, 0.5) is 0 Å². The van der Waals surface area contributed by atoms with Gasteiger partial charge in [0, 0.05) is 16.5 Å². The molecule has 1 aromatic carbocycles. The van der Waals surface area contributed by atoms with Crippen molar-refractivity contribution in [1.29, 1.82) is 0 Å². The lowest BCUT2D eigenvalue weighted by Crippen LogP contribution is -2.20. The van der Waals surface area contributed by atoms with Crippen molar-refractivity contribution in [2.75, 3.05) is 6.54 Å². The molecule has 1 atom stereocenters. The Hall–Kier alpha value is -0.840. The Morgan fingerprint density at radius 3 is 2.76 bits per heavy atom. The van der Waals surface area contributed by atoms with Crippen LogP contribution in [0.3, 0.4) is 0 Å². The number of hydrogen-bond donors (Lipinski definition) is 1. The van der Waals surface area contributed by atoms with Crippen molar-refractivity contribution in [3.05, 3.63) is 50.1 Å². The Balaban J connectivity index is 2.10. The van der Waals surface area contributed by atoms with Crippen LogP contribution < -0.4 is 10.1 Å². The molecule has 2 nitrogen and oxygen atoms in total. The zero-order valence-corrected chi connectivity index (χ0v) is 15.2. The van der Waals surface area contributed by atoms with E-state index in [1.165, 1.54) is 16.0 Å². The van der Waals surface area contributed by atoms with Crippen molar-refractivity contribution in [3.8, 4) is 5.75 Å². The average molecular weight is 368 g/mol. The molecule has 0 spiro atoms. The number of aryl methyl sites for hydroxylation is 1. The number of halogens is 1. The highest BCUT2D eigenvalue weighted by atomic mass is 79.9. The summed E-state index contributed by atoms with van der Waals surface area (Å²) in [5.41, 5.74) is 2.50. The molecular formula is C17H22BrNOS. The molecule has 114 valence electrons. The predicted octanol–water partition coefficient (Wildman–Crippen LogP) is 5.46. The van der Waals surface area contributed by atoms with Crippen LogP contribution in [-0.2, 0) is 6.61 Å². The highest BCUT2D eigenvalue weighted by Gasteiger charge is 2.12. The van der Waals surface area contributed by atoms with Gasteiger partial charge in [0.2, 0.25) is 0 Å². The summed E-state index contributed by atoms with van der Waals surface area (Å²) in [6, 6.07) is 10.9. The van der Waals surface area contributed by atoms with E-state index < -0.39 is 0 Å². The number of benzene rings is 1. The van der Waals surface area contributed by atoms with Crippen molar-refractivity contribution < 1.29 is 4.74 Å². The molecule has 1 aromatic heterocycles. The Morgan fingerprint density at radius 1 is 1.29 bits per heavy atom. The largest absolute Gasteiger partial charge is 0.488 e. The van der Waals surface area contributed by atoms with E-state index in [4.69, 9.17) is 4.74 Å². The van der Waals surface area contributed by atoms with Crippen LogP contribution >= 0.6 is 27.3 Å². The summed E-state index contributed by atoms with van der Waals surface area (Å²) in [6.07, 6.45) is 1.13. The van der Waals surface area contributed by atoms with E-state index >= 15 is 0 Å². The highest BCUT2D eigenvalue weighted by molar-refractivity contribution is 9.11. The standard InChI is InChI=1S/C17H22BrNOS/c1-4-9-19-13(3)15-10-12(2)5-7-16(15)20-11-14-6-8-17(18)21-14/h5-8,10,13,19H,4,9,11H2,1-3H3. The van der Waals surface area contributed by atoms with Crippen molar-refractivity contribution in [3.63, 3.8) is 0 Å². The topological polar surface area (TPSA) is 21.3 Å². The Labute approximate surface area is 139 Å². The van der Waals surface area contributed by atoms with Crippen LogP contribution in [-0.4, -0.2) is 6.54 Å². The fraction of sp³-hybridized carbons (Fsp3) is 0.412. The summed E-state index contributed by atoms with van der Waals surface area (Å²) in [6.45, 7) is 8.14. The smallest absolute Gasteiger partial charge is 0.124 e. The molecule has 0 bridgehead atoms. The fourth-order valence-electron chi connectivity index (χ4n) is 2.19. The van der Waals surface area contributed by atoms with Crippen LogP contribution in [0.5, 0.6) is 5.75 Å². The van der Waals surface area contributed by atoms with E-state index in [-0.39, 0.29) is 0 Å². The molecule has 2 rings (SSSR count). The lowest BCUT2D eigenvalue weighted by atomic mass is 10.0. The molecule has 0 aliphatic rings. The molecule has 0 saturated carbocycles. The molecule has 0 fully saturated rings. The average Bonchev–Trinajstić information content (AvgIpc) is 2.89. The quantitative estimate of drug-likeness (QED) is 0.701. The Morgan fingerprint density at radius 2 is 2.10 bits per heavy atom. The Bertz CT molecular complexity index is 582. The van der Waals surface area contributed by atoms with Crippen molar-refractivity contribution in [2.24, 2.45) is 0 Å². The molecule has 0 amide bonds. The van der Waals surface area contributed by atoms with Crippen molar-refractivity contribution >= 4 is 27.3 Å². The maximum absolute atomic E-state index is 6.04. The number of thiophene rings is 1. The van der Waals surface area contributed by atoms with Gasteiger partial charge in [-0.15, -0.1) is 11.3 Å². The summed E-state index contributed by atoms with van der Waals surface area (Å²) in [4.78, 5) is 1.22. The predicted molar refractivity (Wildman–Crippen MR) is 94.2 cm³/mol. The van der Waals surface area contributed by atoms with E-state index in [1.807, 2.05) is 0 Å². The number of rotatable bonds is 7. The molecule has 0 radical (unpaired) electrons. The molecule has 1 unspecified atom stereocenters. The Kier molecular flexibility index (Phi) is 6.27. The zero-order valence-electron chi connectivity index (χ0n) is 12.8. The second kappa shape index (κ2) is 7.97. The SMILES string of the molecule is CCCNC(C)c1cc(C)ccc1OCc1ccc(Br)s1. The van der Waals surface area contributed by atoms with Crippen LogP contribution in [0.25, 0.3) is 0 Å². The summed E-state index contributed by atoms with van der Waals surface area (Å²) in [7, 11) is 0. The maximum Gasteiger partial charge on any atom is 0.124 e. The van der Waals surface area contributed by atoms with E-state index in [1.54, 1.807) is 11.3 Å². The third-order valence-corrected chi connectivity index (χ3v) is 4.93. The summed E-state index contributed by atoms with van der Waals surface area (Å²) in [5, 5.41) is 3.53. The molecule has 21 heavy (non-hydrogen) atoms. The normalized spacial score (nSPS) is 12.4. The second-order valence-electron chi connectivity index (χ2n) is 5.21. The van der Waals surface area contributed by atoms with Gasteiger partial charge in [-0.25, -0.2) is 0 Å². The van der Waals surface area contributed by atoms with Crippen molar-refractivity contribution in [1.82, 2.24) is 5.32 Å². The second-order valence-corrected chi connectivity index (χ2v) is 7.76. The minimum atomic E-state index is 0.301. The van der Waals surface area contributed by atoms with E-state index in [0.717, 1.165) is 22.5 Å². The summed E-state index contributed by atoms with van der Waals surface area (Å²) in [5.74, 6) is 0.973. The van der Waals surface area contributed by atoms with Crippen LogP contribution in [0, 0.1) is 6.92 Å². The lowest BCUT2D eigenvalue weighted by Gasteiger charge is -2.18. The van der Waals surface area contributed by atoms with Gasteiger partial charge in [0.1, 0.15) is 12.4 Å². The number of hydrogen-bond acceptors (Lipinski definition) is 3. The van der Waals surface area contributed by atoms with Gasteiger partial charge in [0.25, 0.3) is 0 Å². The number of ether oxygens (including phenoxy) is 1. The minimum absolute atomic E-state index is 0.301. The summed E-state index contributed by atoms with van der Waals surface area (Å²) < 4.78 is 7.18. The molecule has 0 aliphatic heterocycles. The molecule has 1 heterocycles. The van der Waals surface area contributed by atoms with E-state index in [0.29, 0.717) is 12.6 Å². The van der Waals surface area contributed by atoms with E-state index in [2.05, 4.69) is 72.3 Å². The van der Waals surface area contributed by atoms with E-state index in [9.17, 15) is 0 Å². The molecule has 0 aliphatic carbocycles. The lowest BCUT2D eigenvalue weighted by molar-refractivity contribution is 0.303. The number of nitrogens with one attached hydrogen (secondary N) is 1. The zero-order chi connectivity index (χ0) is 15.2. The third kappa shape index (κ3) is 4.83. The van der Waals surface area contributed by atoms with Gasteiger partial charge in [-0.3, -0.25) is 0 Å². The molecule has 0 saturated heterocycles. The van der Waals surface area contributed by atoms with Crippen LogP contribution in [0.2, 0.25) is 0 Å². The van der Waals surface area contributed by atoms with Gasteiger partial charge < -0.3 is 10.1 Å². The first kappa shape index (κ1) is 16.5. The molecule has 1 N–H and O–H groups in total. The van der Waals surface area contributed by atoms with Gasteiger partial charge >= 0.3 is 0 Å². The molecule has 2 aromatic rings. The van der Waals surface area contributed by atoms with Gasteiger partial charge in [-0.1, -0.05) is 24.6 Å². The first-order valence-corrected chi connectivity index (χ1v) is 8.92. The molecule has 4 heteroatoms. The van der Waals surface area contributed by atoms with Crippen LogP contribution in [0.15, 0.2) is 34.1 Å². The monoisotopic (exact) mass is 367 g/mol. The minimum Gasteiger partial charge on any atom is -0.488 e. The maximum atomic E-state index is 6.04. The first-order chi connectivity index (χ1) is 10.1. The van der Waals surface area contributed by atoms with Gasteiger partial charge in [-0.2, -0.15) is 0 Å². The molecular weight excluding hydrogens is 346 g/mol. The van der Waals surface area contributed by atoms with Gasteiger partial charge in [-0.05, 0) is 60.9 Å². The van der Waals surface area contributed by atoms with Crippen LogP contribution in [0.1, 0.15) is 42.3 Å². The third-order valence-electron chi connectivity index (χ3n) is 3.33.